The van der Waals surface area contributed by atoms with Crippen molar-refractivity contribution in [3.63, 3.8) is 0 Å². The zero-order chi connectivity index (χ0) is 13.3. The van der Waals surface area contributed by atoms with Crippen molar-refractivity contribution in [3.05, 3.63) is 29.8 Å². The maximum absolute atomic E-state index is 9.88. The number of hydrogen-bond acceptors (Lipinski definition) is 4. The molecule has 1 heterocycles. The third kappa shape index (κ3) is 2.04. The summed E-state index contributed by atoms with van der Waals surface area (Å²) in [6, 6.07) is 8.61. The second kappa shape index (κ2) is 4.34. The molecule has 0 spiro atoms. The minimum atomic E-state index is -0.557. The van der Waals surface area contributed by atoms with Gasteiger partial charge in [-0.2, -0.15) is 10.4 Å². The Morgan fingerprint density at radius 1 is 1.44 bits per heavy atom. The van der Waals surface area contributed by atoms with Crippen molar-refractivity contribution in [3.8, 4) is 11.8 Å². The van der Waals surface area contributed by atoms with Crippen molar-refractivity contribution in [1.82, 2.24) is 5.01 Å². The summed E-state index contributed by atoms with van der Waals surface area (Å²) in [5, 5.41) is 25.5. The first-order chi connectivity index (χ1) is 8.45. The lowest BCUT2D eigenvalue weighted by Gasteiger charge is -2.34. The molecule has 0 aromatic heterocycles. The van der Waals surface area contributed by atoms with E-state index in [4.69, 9.17) is 0 Å². The largest absolute Gasteiger partial charge is 0.508 e. The molecular formula is C14H17N3O. The van der Waals surface area contributed by atoms with Gasteiger partial charge in [-0.3, -0.25) is 5.01 Å². The number of nitrogens with zero attached hydrogens (tertiary/aromatic N) is 3. The van der Waals surface area contributed by atoms with Crippen LogP contribution in [0.1, 0.15) is 38.8 Å². The molecule has 0 radical (unpaired) electrons. The first kappa shape index (κ1) is 12.4. The number of benzene rings is 1. The monoisotopic (exact) mass is 243 g/mol. The van der Waals surface area contributed by atoms with Crippen LogP contribution in [0.5, 0.6) is 5.75 Å². The zero-order valence-electron chi connectivity index (χ0n) is 10.9. The lowest BCUT2D eigenvalue weighted by atomic mass is 9.95. The van der Waals surface area contributed by atoms with E-state index in [9.17, 15) is 10.4 Å². The number of hydrazone groups is 1. The van der Waals surface area contributed by atoms with Crippen molar-refractivity contribution >= 4 is 5.71 Å². The highest BCUT2D eigenvalue weighted by Gasteiger charge is 2.38. The molecule has 94 valence electrons. The molecule has 0 unspecified atom stereocenters. The summed E-state index contributed by atoms with van der Waals surface area (Å²) < 4.78 is 0. The molecule has 0 bridgehead atoms. The number of nitriles is 1. The molecule has 1 aliphatic heterocycles. The average Bonchev–Trinajstić information content (AvgIpc) is 2.56. The van der Waals surface area contributed by atoms with Crippen molar-refractivity contribution in [1.29, 1.82) is 5.26 Å². The molecule has 1 atom stereocenters. The molecule has 0 amide bonds. The minimum absolute atomic E-state index is 0.139. The van der Waals surface area contributed by atoms with Gasteiger partial charge >= 0.3 is 0 Å². The molecule has 2 rings (SSSR count). The van der Waals surface area contributed by atoms with Crippen LogP contribution in [0.25, 0.3) is 0 Å². The summed E-state index contributed by atoms with van der Waals surface area (Å²) in [5.74, 6) is 0.139. The minimum Gasteiger partial charge on any atom is -0.508 e. The quantitative estimate of drug-likeness (QED) is 0.868. The van der Waals surface area contributed by atoms with E-state index in [1.54, 1.807) is 23.2 Å². The Bertz CT molecular complexity index is 528. The molecule has 0 fully saturated rings. The topological polar surface area (TPSA) is 59.6 Å². The number of para-hydroxylation sites is 1. The standard InChI is InChI=1S/C14H17N3O/c1-10-8-14(2,3)17(16-10)12(9-15)11-6-4-5-7-13(11)18/h4-7,12,18H,8H2,1-3H3/t12-/m0/s1. The summed E-state index contributed by atoms with van der Waals surface area (Å²) in [6.45, 7) is 6.07. The van der Waals surface area contributed by atoms with Crippen molar-refractivity contribution in [2.24, 2.45) is 5.10 Å². The van der Waals surface area contributed by atoms with E-state index < -0.39 is 6.04 Å². The Hall–Kier alpha value is -2.02. The lowest BCUT2D eigenvalue weighted by molar-refractivity contribution is 0.121. The number of phenols is 1. The first-order valence-corrected chi connectivity index (χ1v) is 5.96. The van der Waals surface area contributed by atoms with Gasteiger partial charge in [0, 0.05) is 17.7 Å². The van der Waals surface area contributed by atoms with Crippen molar-refractivity contribution in [2.75, 3.05) is 0 Å². The molecule has 0 saturated heterocycles. The normalized spacial score (nSPS) is 19.2. The Morgan fingerprint density at radius 2 is 2.11 bits per heavy atom. The third-order valence-corrected chi connectivity index (χ3v) is 3.19. The van der Waals surface area contributed by atoms with Gasteiger partial charge < -0.3 is 5.11 Å². The van der Waals surface area contributed by atoms with Gasteiger partial charge in [-0.05, 0) is 26.8 Å². The number of rotatable bonds is 2. The second-order valence-corrected chi connectivity index (χ2v) is 5.26. The van der Waals surface area contributed by atoms with E-state index in [0.717, 1.165) is 12.1 Å². The van der Waals surface area contributed by atoms with Crippen LogP contribution in [-0.2, 0) is 0 Å². The second-order valence-electron chi connectivity index (χ2n) is 5.26. The van der Waals surface area contributed by atoms with E-state index in [1.807, 2.05) is 13.0 Å². The van der Waals surface area contributed by atoms with E-state index >= 15 is 0 Å². The highest BCUT2D eigenvalue weighted by atomic mass is 16.3. The summed E-state index contributed by atoms with van der Waals surface area (Å²) in [7, 11) is 0. The van der Waals surface area contributed by atoms with E-state index in [1.165, 1.54) is 0 Å². The molecule has 0 aliphatic carbocycles. The molecular weight excluding hydrogens is 226 g/mol. The molecule has 18 heavy (non-hydrogen) atoms. The molecule has 1 N–H and O–H groups in total. The Balaban J connectivity index is 2.42. The first-order valence-electron chi connectivity index (χ1n) is 5.96. The summed E-state index contributed by atoms with van der Waals surface area (Å²) in [6.07, 6.45) is 0.832. The van der Waals surface area contributed by atoms with Crippen LogP contribution >= 0.6 is 0 Å². The number of hydrogen-bond donors (Lipinski definition) is 1. The van der Waals surface area contributed by atoms with Crippen LogP contribution in [0.3, 0.4) is 0 Å². The fraction of sp³-hybridized carbons (Fsp3) is 0.429. The molecule has 4 heteroatoms. The van der Waals surface area contributed by atoms with E-state index in [2.05, 4.69) is 25.0 Å². The Labute approximate surface area is 107 Å². The zero-order valence-corrected chi connectivity index (χ0v) is 10.9. The van der Waals surface area contributed by atoms with Crippen LogP contribution < -0.4 is 0 Å². The van der Waals surface area contributed by atoms with Crippen LogP contribution in [0.2, 0.25) is 0 Å². The highest BCUT2D eigenvalue weighted by molar-refractivity contribution is 5.84. The molecule has 1 aromatic rings. The van der Waals surface area contributed by atoms with Gasteiger partial charge in [0.15, 0.2) is 6.04 Å². The average molecular weight is 243 g/mol. The fourth-order valence-electron chi connectivity index (χ4n) is 2.44. The molecule has 0 saturated carbocycles. The number of phenolic OH excluding ortho intramolecular Hbond substituents is 1. The third-order valence-electron chi connectivity index (χ3n) is 3.19. The smallest absolute Gasteiger partial charge is 0.162 e. The lowest BCUT2D eigenvalue weighted by Crippen LogP contribution is -2.38. The van der Waals surface area contributed by atoms with Gasteiger partial charge in [-0.25, -0.2) is 0 Å². The maximum Gasteiger partial charge on any atom is 0.162 e. The molecule has 1 aliphatic rings. The maximum atomic E-state index is 9.88. The Kier molecular flexibility index (Phi) is 3.00. The van der Waals surface area contributed by atoms with Gasteiger partial charge in [-0.1, -0.05) is 18.2 Å². The van der Waals surface area contributed by atoms with Crippen molar-refractivity contribution < 1.29 is 5.11 Å². The van der Waals surface area contributed by atoms with E-state index in [-0.39, 0.29) is 11.3 Å². The van der Waals surface area contributed by atoms with Gasteiger partial charge in [0.05, 0.1) is 11.6 Å². The summed E-state index contributed by atoms with van der Waals surface area (Å²) >= 11 is 0. The fourth-order valence-corrected chi connectivity index (χ4v) is 2.44. The van der Waals surface area contributed by atoms with Gasteiger partial charge in [0.1, 0.15) is 5.75 Å². The predicted molar refractivity (Wildman–Crippen MR) is 70.1 cm³/mol. The summed E-state index contributed by atoms with van der Waals surface area (Å²) in [5.41, 5.74) is 1.41. The SMILES string of the molecule is CC1=NN([C@@H](C#N)c2ccccc2O)C(C)(C)C1. The van der Waals surface area contributed by atoms with E-state index in [0.29, 0.717) is 5.56 Å². The number of aromatic hydroxyl groups is 1. The van der Waals surface area contributed by atoms with Gasteiger partial charge in [-0.15, -0.1) is 0 Å². The van der Waals surface area contributed by atoms with Crippen LogP contribution in [-0.4, -0.2) is 21.4 Å². The predicted octanol–water partition coefficient (Wildman–Crippen LogP) is 2.82. The van der Waals surface area contributed by atoms with Crippen LogP contribution in [0.4, 0.5) is 0 Å². The van der Waals surface area contributed by atoms with Crippen molar-refractivity contribution in [2.45, 2.75) is 38.8 Å². The summed E-state index contributed by atoms with van der Waals surface area (Å²) in [4.78, 5) is 0. The van der Waals surface area contributed by atoms with Crippen LogP contribution in [0.15, 0.2) is 29.4 Å². The van der Waals surface area contributed by atoms with Gasteiger partial charge in [0.2, 0.25) is 0 Å². The molecule has 4 nitrogen and oxygen atoms in total. The molecule has 1 aromatic carbocycles. The van der Waals surface area contributed by atoms with Gasteiger partial charge in [0.25, 0.3) is 0 Å². The van der Waals surface area contributed by atoms with Crippen LogP contribution in [0, 0.1) is 11.3 Å². The Morgan fingerprint density at radius 3 is 2.61 bits per heavy atom. The highest BCUT2D eigenvalue weighted by Crippen LogP contribution is 2.37.